The highest BCUT2D eigenvalue weighted by Gasteiger charge is 2.39. The number of piperidine rings is 1. The van der Waals surface area contributed by atoms with Crippen LogP contribution in [0.15, 0.2) is 54.6 Å². The van der Waals surface area contributed by atoms with Crippen molar-refractivity contribution in [1.82, 2.24) is 15.2 Å². The summed E-state index contributed by atoms with van der Waals surface area (Å²) in [6, 6.07) is 17.8. The van der Waals surface area contributed by atoms with Crippen LogP contribution in [0, 0.1) is 0 Å². The van der Waals surface area contributed by atoms with Gasteiger partial charge in [0.2, 0.25) is 0 Å². The average molecular weight is 432 g/mol. The van der Waals surface area contributed by atoms with E-state index in [4.69, 9.17) is 4.98 Å². The molecule has 3 aromatic rings. The molecule has 1 aromatic heterocycles. The third-order valence-corrected chi connectivity index (χ3v) is 6.45. The fraction of sp³-hybridized carbons (Fsp3) is 0.407. The number of para-hydroxylation sites is 1. The van der Waals surface area contributed by atoms with Gasteiger partial charge in [-0.25, -0.2) is 9.78 Å². The maximum absolute atomic E-state index is 12.5. The van der Waals surface area contributed by atoms with Gasteiger partial charge in [0, 0.05) is 40.2 Å². The molecular weight excluding hydrogens is 398 g/mol. The summed E-state index contributed by atoms with van der Waals surface area (Å²) >= 11 is 0. The summed E-state index contributed by atoms with van der Waals surface area (Å²) in [5, 5.41) is 14.7. The first-order valence-corrected chi connectivity index (χ1v) is 11.3. The number of pyridine rings is 1. The van der Waals surface area contributed by atoms with E-state index in [9.17, 15) is 9.90 Å². The quantitative estimate of drug-likeness (QED) is 0.571. The molecule has 5 nitrogen and oxygen atoms in total. The van der Waals surface area contributed by atoms with Crippen molar-refractivity contribution in [3.63, 3.8) is 0 Å². The predicted octanol–water partition coefficient (Wildman–Crippen LogP) is 5.34. The number of aromatic nitrogens is 1. The smallest absolute Gasteiger partial charge is 0.336 e. The molecule has 0 aliphatic carbocycles. The molecular formula is C27H33N3O2. The molecule has 0 radical (unpaired) electrons. The molecule has 0 saturated carbocycles. The number of nitrogens with one attached hydrogen (secondary N) is 1. The van der Waals surface area contributed by atoms with E-state index in [1.807, 2.05) is 54.6 Å². The minimum atomic E-state index is -0.907. The maximum Gasteiger partial charge on any atom is 0.336 e. The number of carbonyl (C=O) groups is 1. The normalized spacial score (nSPS) is 18.2. The molecule has 0 spiro atoms. The van der Waals surface area contributed by atoms with E-state index < -0.39 is 5.97 Å². The summed E-state index contributed by atoms with van der Waals surface area (Å²) < 4.78 is 0. The zero-order chi connectivity index (χ0) is 23.1. The monoisotopic (exact) mass is 431 g/mol. The summed E-state index contributed by atoms with van der Waals surface area (Å²) in [6.07, 6.45) is 1.99. The lowest BCUT2D eigenvalue weighted by molar-refractivity contribution is 0.0681. The van der Waals surface area contributed by atoms with E-state index in [0.717, 1.165) is 29.7 Å². The van der Waals surface area contributed by atoms with Crippen LogP contribution in [0.25, 0.3) is 22.2 Å². The molecule has 1 saturated heterocycles. The third-order valence-electron chi connectivity index (χ3n) is 6.45. The van der Waals surface area contributed by atoms with Crippen LogP contribution in [0.4, 0.5) is 0 Å². The summed E-state index contributed by atoms with van der Waals surface area (Å²) in [7, 11) is 2.11. The molecule has 0 atom stereocenters. The first kappa shape index (κ1) is 22.4. The number of carboxylic acids is 1. The molecule has 168 valence electrons. The second-order valence-electron chi connectivity index (χ2n) is 10.4. The van der Waals surface area contributed by atoms with Gasteiger partial charge in [0.05, 0.1) is 16.8 Å². The van der Waals surface area contributed by atoms with Crippen LogP contribution >= 0.6 is 0 Å². The summed E-state index contributed by atoms with van der Waals surface area (Å²) in [4.78, 5) is 19.8. The van der Waals surface area contributed by atoms with Crippen LogP contribution in [0.3, 0.4) is 0 Å². The Labute approximate surface area is 190 Å². The number of hydrogen-bond donors (Lipinski definition) is 2. The summed E-state index contributed by atoms with van der Waals surface area (Å²) in [5.41, 5.74) is 3.56. The van der Waals surface area contributed by atoms with Gasteiger partial charge in [-0.05, 0) is 53.7 Å². The Hall–Kier alpha value is -2.76. The molecule has 1 aliphatic heterocycles. The fourth-order valence-corrected chi connectivity index (χ4v) is 5.44. The van der Waals surface area contributed by atoms with Gasteiger partial charge in [-0.15, -0.1) is 0 Å². The Morgan fingerprint density at radius 2 is 1.62 bits per heavy atom. The van der Waals surface area contributed by atoms with Crippen LogP contribution in [0.1, 0.15) is 56.5 Å². The van der Waals surface area contributed by atoms with E-state index in [2.05, 4.69) is 45.0 Å². The van der Waals surface area contributed by atoms with Crippen molar-refractivity contribution in [1.29, 1.82) is 0 Å². The SMILES string of the molecule is CN(Cc1c(-c2ccccc2)nc2ccccc2c1C(=O)O)C1CC(C)(C)NC(C)(C)C1. The van der Waals surface area contributed by atoms with E-state index in [0.29, 0.717) is 29.1 Å². The molecule has 0 bridgehead atoms. The van der Waals surface area contributed by atoms with Crippen LogP contribution in [0.2, 0.25) is 0 Å². The minimum absolute atomic E-state index is 0.0141. The fourth-order valence-electron chi connectivity index (χ4n) is 5.44. The highest BCUT2D eigenvalue weighted by atomic mass is 16.4. The van der Waals surface area contributed by atoms with Gasteiger partial charge >= 0.3 is 5.97 Å². The molecule has 5 heteroatoms. The van der Waals surface area contributed by atoms with Crippen molar-refractivity contribution in [2.75, 3.05) is 7.05 Å². The largest absolute Gasteiger partial charge is 0.478 e. The molecule has 4 rings (SSSR count). The van der Waals surface area contributed by atoms with Crippen LogP contribution < -0.4 is 5.32 Å². The van der Waals surface area contributed by atoms with Gasteiger partial charge in [-0.2, -0.15) is 0 Å². The van der Waals surface area contributed by atoms with Crippen molar-refractivity contribution >= 4 is 16.9 Å². The molecule has 32 heavy (non-hydrogen) atoms. The van der Waals surface area contributed by atoms with Crippen molar-refractivity contribution in [3.05, 3.63) is 65.7 Å². The van der Waals surface area contributed by atoms with Gasteiger partial charge in [-0.3, -0.25) is 4.90 Å². The first-order valence-electron chi connectivity index (χ1n) is 11.3. The van der Waals surface area contributed by atoms with Gasteiger partial charge in [0.25, 0.3) is 0 Å². The predicted molar refractivity (Wildman–Crippen MR) is 130 cm³/mol. The molecule has 2 N–H and O–H groups in total. The van der Waals surface area contributed by atoms with Crippen molar-refractivity contribution in [2.24, 2.45) is 0 Å². The number of carboxylic acid groups (broad SMARTS) is 1. The summed E-state index contributed by atoms with van der Waals surface area (Å²) in [6.45, 7) is 9.49. The van der Waals surface area contributed by atoms with Gasteiger partial charge in [0.1, 0.15) is 0 Å². The number of aromatic carboxylic acids is 1. The van der Waals surface area contributed by atoms with E-state index >= 15 is 0 Å². The maximum atomic E-state index is 12.5. The van der Waals surface area contributed by atoms with Crippen LogP contribution in [0.5, 0.6) is 0 Å². The van der Waals surface area contributed by atoms with Crippen molar-refractivity contribution < 1.29 is 9.90 Å². The van der Waals surface area contributed by atoms with Gasteiger partial charge in [0.15, 0.2) is 0 Å². The Morgan fingerprint density at radius 3 is 2.25 bits per heavy atom. The van der Waals surface area contributed by atoms with Gasteiger partial charge in [-0.1, -0.05) is 48.5 Å². The number of nitrogens with zero attached hydrogens (tertiary/aromatic N) is 2. The lowest BCUT2D eigenvalue weighted by Crippen LogP contribution is -2.61. The molecule has 0 amide bonds. The van der Waals surface area contributed by atoms with Gasteiger partial charge < -0.3 is 10.4 Å². The van der Waals surface area contributed by atoms with Crippen LogP contribution in [-0.4, -0.2) is 45.1 Å². The second-order valence-corrected chi connectivity index (χ2v) is 10.4. The lowest BCUT2D eigenvalue weighted by atomic mass is 9.79. The Kier molecular flexibility index (Phi) is 5.82. The molecule has 1 fully saturated rings. The second kappa shape index (κ2) is 8.30. The Balaban J connectivity index is 1.83. The Morgan fingerprint density at radius 1 is 1.03 bits per heavy atom. The average Bonchev–Trinajstić information content (AvgIpc) is 2.71. The Bertz CT molecular complexity index is 1120. The first-order chi connectivity index (χ1) is 15.1. The highest BCUT2D eigenvalue weighted by molar-refractivity contribution is 6.05. The van der Waals surface area contributed by atoms with E-state index in [-0.39, 0.29) is 11.1 Å². The van der Waals surface area contributed by atoms with Crippen molar-refractivity contribution in [3.8, 4) is 11.3 Å². The zero-order valence-electron chi connectivity index (χ0n) is 19.6. The zero-order valence-corrected chi connectivity index (χ0v) is 19.6. The molecule has 1 aliphatic rings. The van der Waals surface area contributed by atoms with E-state index in [1.54, 1.807) is 0 Å². The van der Waals surface area contributed by atoms with Crippen LogP contribution in [-0.2, 0) is 6.54 Å². The number of rotatable bonds is 5. The summed E-state index contributed by atoms with van der Waals surface area (Å²) in [5.74, 6) is -0.907. The molecule has 2 aromatic carbocycles. The molecule has 2 heterocycles. The minimum Gasteiger partial charge on any atom is -0.478 e. The number of benzene rings is 2. The molecule has 0 unspecified atom stereocenters. The lowest BCUT2D eigenvalue weighted by Gasteiger charge is -2.49. The number of fused-ring (bicyclic) bond motifs is 1. The topological polar surface area (TPSA) is 65.5 Å². The number of hydrogen-bond acceptors (Lipinski definition) is 4. The van der Waals surface area contributed by atoms with Crippen molar-refractivity contribution in [2.45, 2.75) is 64.2 Å². The standard InChI is InChI=1S/C27H33N3O2/c1-26(2)15-19(16-27(3,4)29-26)30(5)17-21-23(25(31)32)20-13-9-10-14-22(20)28-24(21)18-11-7-6-8-12-18/h6-14,19,29H,15-17H2,1-5H3,(H,31,32). The third kappa shape index (κ3) is 4.54. The highest BCUT2D eigenvalue weighted by Crippen LogP contribution is 2.35. The van der Waals surface area contributed by atoms with E-state index in [1.165, 1.54) is 0 Å².